The van der Waals surface area contributed by atoms with E-state index in [-0.39, 0.29) is 11.8 Å². The molecule has 0 saturated carbocycles. The molecule has 5 nitrogen and oxygen atoms in total. The van der Waals surface area contributed by atoms with Crippen LogP contribution in [0.3, 0.4) is 0 Å². The van der Waals surface area contributed by atoms with Crippen molar-refractivity contribution >= 4 is 17.5 Å². The van der Waals surface area contributed by atoms with Gasteiger partial charge < -0.3 is 16.0 Å². The third-order valence-electron chi connectivity index (χ3n) is 2.26. The Morgan fingerprint density at radius 3 is 2.39 bits per heavy atom. The molecule has 0 heterocycles. The maximum Gasteiger partial charge on any atom is 0.233 e. The van der Waals surface area contributed by atoms with E-state index >= 15 is 0 Å². The summed E-state index contributed by atoms with van der Waals surface area (Å²) < 4.78 is 0. The summed E-state index contributed by atoms with van der Waals surface area (Å²) in [5.74, 6) is -0.0931. The summed E-state index contributed by atoms with van der Waals surface area (Å²) >= 11 is 0. The molecule has 2 amide bonds. The number of nitrogens with one attached hydrogen (secondary N) is 3. The first-order valence-corrected chi connectivity index (χ1v) is 5.95. The molecule has 0 bridgehead atoms. The van der Waals surface area contributed by atoms with E-state index in [1.807, 2.05) is 31.2 Å². The smallest absolute Gasteiger partial charge is 0.233 e. The minimum atomic E-state index is -0.0860. The summed E-state index contributed by atoms with van der Waals surface area (Å²) in [6, 6.07) is 7.50. The van der Waals surface area contributed by atoms with Crippen molar-refractivity contribution in [3.05, 3.63) is 29.8 Å². The van der Waals surface area contributed by atoms with E-state index < -0.39 is 0 Å². The van der Waals surface area contributed by atoms with Crippen LogP contribution in [0.15, 0.2) is 24.3 Å². The highest BCUT2D eigenvalue weighted by atomic mass is 16.2. The molecule has 98 valence electrons. The van der Waals surface area contributed by atoms with E-state index in [1.165, 1.54) is 6.92 Å². The Labute approximate surface area is 107 Å². The molecule has 0 aliphatic heterocycles. The zero-order chi connectivity index (χ0) is 13.4. The van der Waals surface area contributed by atoms with Crippen LogP contribution in [0.5, 0.6) is 0 Å². The largest absolute Gasteiger partial charge is 0.355 e. The van der Waals surface area contributed by atoms with E-state index in [0.29, 0.717) is 19.6 Å². The van der Waals surface area contributed by atoms with Gasteiger partial charge in [-0.05, 0) is 24.6 Å². The van der Waals surface area contributed by atoms with Gasteiger partial charge in [-0.3, -0.25) is 9.59 Å². The van der Waals surface area contributed by atoms with Gasteiger partial charge in [-0.2, -0.15) is 0 Å². The SMILES string of the molecule is CCNC(=O)CNCc1ccc(NC(C)=O)cc1. The van der Waals surface area contributed by atoms with E-state index in [9.17, 15) is 9.59 Å². The number of likely N-dealkylation sites (N-methyl/N-ethyl adjacent to an activating group) is 1. The summed E-state index contributed by atoms with van der Waals surface area (Å²) in [6.45, 7) is 4.94. The van der Waals surface area contributed by atoms with Gasteiger partial charge in [0.1, 0.15) is 0 Å². The Balaban J connectivity index is 2.35. The van der Waals surface area contributed by atoms with Gasteiger partial charge in [0.15, 0.2) is 0 Å². The molecule has 0 atom stereocenters. The quantitative estimate of drug-likeness (QED) is 0.700. The second kappa shape index (κ2) is 7.45. The number of anilines is 1. The fourth-order valence-electron chi connectivity index (χ4n) is 1.49. The highest BCUT2D eigenvalue weighted by Gasteiger charge is 1.99. The van der Waals surface area contributed by atoms with Crippen molar-refractivity contribution in [3.63, 3.8) is 0 Å². The van der Waals surface area contributed by atoms with Crippen molar-refractivity contribution in [1.29, 1.82) is 0 Å². The minimum Gasteiger partial charge on any atom is -0.355 e. The summed E-state index contributed by atoms with van der Waals surface area (Å²) in [5, 5.41) is 8.46. The Kier molecular flexibility index (Phi) is 5.87. The van der Waals surface area contributed by atoms with Crippen LogP contribution in [0.4, 0.5) is 5.69 Å². The molecule has 0 spiro atoms. The van der Waals surface area contributed by atoms with Crippen LogP contribution in [-0.4, -0.2) is 24.9 Å². The van der Waals surface area contributed by atoms with E-state index in [4.69, 9.17) is 0 Å². The lowest BCUT2D eigenvalue weighted by Crippen LogP contribution is -2.33. The predicted octanol–water partition coefficient (Wildman–Crippen LogP) is 0.871. The first kappa shape index (κ1) is 14.2. The summed E-state index contributed by atoms with van der Waals surface area (Å²) in [6.07, 6.45) is 0. The van der Waals surface area contributed by atoms with Gasteiger partial charge in [0.25, 0.3) is 0 Å². The molecule has 0 unspecified atom stereocenters. The van der Waals surface area contributed by atoms with Gasteiger partial charge in [-0.15, -0.1) is 0 Å². The zero-order valence-corrected chi connectivity index (χ0v) is 10.7. The number of hydrogen-bond donors (Lipinski definition) is 3. The molecule has 0 aliphatic carbocycles. The standard InChI is InChI=1S/C13H19N3O2/c1-3-15-13(18)9-14-8-11-4-6-12(7-5-11)16-10(2)17/h4-7,14H,3,8-9H2,1-2H3,(H,15,18)(H,16,17). The molecule has 5 heteroatoms. The second-order valence-electron chi connectivity index (χ2n) is 3.94. The number of carbonyl (C=O) groups is 2. The van der Waals surface area contributed by atoms with Crippen LogP contribution in [0, 0.1) is 0 Å². The van der Waals surface area contributed by atoms with E-state index in [1.54, 1.807) is 0 Å². The third kappa shape index (κ3) is 5.45. The lowest BCUT2D eigenvalue weighted by Gasteiger charge is -2.06. The van der Waals surface area contributed by atoms with Crippen molar-refractivity contribution in [1.82, 2.24) is 10.6 Å². The summed E-state index contributed by atoms with van der Waals surface area (Å²) in [7, 11) is 0. The second-order valence-corrected chi connectivity index (χ2v) is 3.94. The summed E-state index contributed by atoms with van der Waals surface area (Å²) in [5.41, 5.74) is 1.84. The molecule has 3 N–H and O–H groups in total. The van der Waals surface area contributed by atoms with Crippen LogP contribution < -0.4 is 16.0 Å². The minimum absolute atomic E-state index is 0.00707. The fraction of sp³-hybridized carbons (Fsp3) is 0.385. The van der Waals surface area contributed by atoms with Crippen molar-refractivity contribution in [2.45, 2.75) is 20.4 Å². The average molecular weight is 249 g/mol. The molecule has 1 aromatic carbocycles. The molecular formula is C13H19N3O2. The molecule has 0 radical (unpaired) electrons. The lowest BCUT2D eigenvalue weighted by atomic mass is 10.2. The monoisotopic (exact) mass is 249 g/mol. The Morgan fingerprint density at radius 1 is 1.17 bits per heavy atom. The molecule has 18 heavy (non-hydrogen) atoms. The average Bonchev–Trinajstić information content (AvgIpc) is 2.31. The fourth-order valence-corrected chi connectivity index (χ4v) is 1.49. The van der Waals surface area contributed by atoms with Crippen molar-refractivity contribution < 1.29 is 9.59 Å². The number of carbonyl (C=O) groups excluding carboxylic acids is 2. The molecule has 0 aliphatic rings. The van der Waals surface area contributed by atoms with Gasteiger partial charge in [0.2, 0.25) is 11.8 Å². The number of hydrogen-bond acceptors (Lipinski definition) is 3. The normalized spacial score (nSPS) is 9.89. The first-order chi connectivity index (χ1) is 8.61. The highest BCUT2D eigenvalue weighted by Crippen LogP contribution is 2.08. The molecule has 1 aromatic rings. The van der Waals surface area contributed by atoms with E-state index in [0.717, 1.165) is 11.3 Å². The van der Waals surface area contributed by atoms with Gasteiger partial charge in [0.05, 0.1) is 6.54 Å². The number of amides is 2. The molecule has 0 aromatic heterocycles. The van der Waals surface area contributed by atoms with Crippen molar-refractivity contribution in [2.24, 2.45) is 0 Å². The predicted molar refractivity (Wildman–Crippen MR) is 71.1 cm³/mol. The van der Waals surface area contributed by atoms with Crippen molar-refractivity contribution in [3.8, 4) is 0 Å². The number of benzene rings is 1. The first-order valence-electron chi connectivity index (χ1n) is 5.95. The van der Waals surface area contributed by atoms with Gasteiger partial charge in [-0.1, -0.05) is 12.1 Å². The van der Waals surface area contributed by atoms with Gasteiger partial charge in [0, 0.05) is 25.7 Å². The highest BCUT2D eigenvalue weighted by molar-refractivity contribution is 5.88. The van der Waals surface area contributed by atoms with Crippen LogP contribution >= 0.6 is 0 Å². The maximum atomic E-state index is 11.2. The maximum absolute atomic E-state index is 11.2. The Hall–Kier alpha value is -1.88. The number of rotatable bonds is 6. The van der Waals surface area contributed by atoms with Crippen molar-refractivity contribution in [2.75, 3.05) is 18.4 Å². The summed E-state index contributed by atoms with van der Waals surface area (Å²) in [4.78, 5) is 22.0. The van der Waals surface area contributed by atoms with Gasteiger partial charge >= 0.3 is 0 Å². The molecule has 0 fully saturated rings. The van der Waals surface area contributed by atoms with Crippen LogP contribution in [-0.2, 0) is 16.1 Å². The third-order valence-corrected chi connectivity index (χ3v) is 2.26. The van der Waals surface area contributed by atoms with E-state index in [2.05, 4.69) is 16.0 Å². The molecule has 0 saturated heterocycles. The van der Waals surface area contributed by atoms with Crippen LogP contribution in [0.2, 0.25) is 0 Å². The van der Waals surface area contributed by atoms with Crippen LogP contribution in [0.1, 0.15) is 19.4 Å². The Bertz CT molecular complexity index is 401. The Morgan fingerprint density at radius 2 is 1.83 bits per heavy atom. The molecule has 1 rings (SSSR count). The zero-order valence-electron chi connectivity index (χ0n) is 10.7. The van der Waals surface area contributed by atoms with Crippen LogP contribution in [0.25, 0.3) is 0 Å². The topological polar surface area (TPSA) is 70.2 Å². The molecular weight excluding hydrogens is 230 g/mol. The lowest BCUT2D eigenvalue weighted by molar-refractivity contribution is -0.120. The van der Waals surface area contributed by atoms with Gasteiger partial charge in [-0.25, -0.2) is 0 Å².